The summed E-state index contributed by atoms with van der Waals surface area (Å²) in [5, 5.41) is 37.8. The summed E-state index contributed by atoms with van der Waals surface area (Å²) in [7, 11) is 0. The molecule has 1 aromatic rings. The summed E-state index contributed by atoms with van der Waals surface area (Å²) >= 11 is 0. The number of para-hydroxylation sites is 1. The van der Waals surface area contributed by atoms with Gasteiger partial charge >= 0.3 is 0 Å². The van der Waals surface area contributed by atoms with E-state index in [4.69, 9.17) is 0 Å². The third-order valence-electron chi connectivity index (χ3n) is 2.87. The Morgan fingerprint density at radius 1 is 1.20 bits per heavy atom. The van der Waals surface area contributed by atoms with E-state index in [-0.39, 0.29) is 23.5 Å². The van der Waals surface area contributed by atoms with Crippen LogP contribution in [0.15, 0.2) is 59.9 Å². The normalized spacial score (nSPS) is 17.7. The summed E-state index contributed by atoms with van der Waals surface area (Å²) < 4.78 is 0. The van der Waals surface area contributed by atoms with Gasteiger partial charge in [0.05, 0.1) is 5.56 Å². The second kappa shape index (κ2) is 5.32. The van der Waals surface area contributed by atoms with Crippen LogP contribution in [-0.2, 0) is 0 Å². The highest BCUT2D eigenvalue weighted by Crippen LogP contribution is 2.24. The number of carbonyl (C=O) groups is 1. The molecule has 4 N–H and O–H groups in total. The molecule has 1 aliphatic carbocycles. The van der Waals surface area contributed by atoms with Crippen molar-refractivity contribution in [2.24, 2.45) is 0 Å². The van der Waals surface area contributed by atoms with Gasteiger partial charge in [-0.25, -0.2) is 0 Å². The number of hydrogen-bond donors (Lipinski definition) is 4. The minimum Gasteiger partial charge on any atom is -0.507 e. The van der Waals surface area contributed by atoms with Gasteiger partial charge in [0.25, 0.3) is 0 Å². The van der Waals surface area contributed by atoms with Gasteiger partial charge in [-0.15, -0.1) is 0 Å². The van der Waals surface area contributed by atoms with Crippen molar-refractivity contribution in [2.75, 3.05) is 0 Å². The average molecular weight is 274 g/mol. The van der Waals surface area contributed by atoms with Crippen LogP contribution in [0.2, 0.25) is 0 Å². The van der Waals surface area contributed by atoms with Crippen LogP contribution in [0.5, 0.6) is 5.75 Å². The Labute approximate surface area is 115 Å². The standard InChI is InChI=1S/C15H14O5/c16-12-4-2-1-3-11(12)13(17)6-5-10-7-8-15(19,20)9-14(10)18/h1-7,9,16,18-20H,8H2. The Balaban J connectivity index is 2.16. The third kappa shape index (κ3) is 3.14. The summed E-state index contributed by atoms with van der Waals surface area (Å²) in [6.45, 7) is 0. The highest BCUT2D eigenvalue weighted by atomic mass is 16.5. The molecular formula is C15H14O5. The quantitative estimate of drug-likeness (QED) is 0.381. The number of aromatic hydroxyl groups is 1. The zero-order chi connectivity index (χ0) is 14.8. The molecule has 0 saturated heterocycles. The molecule has 0 spiro atoms. The Hall–Kier alpha value is -2.37. The van der Waals surface area contributed by atoms with E-state index in [9.17, 15) is 25.2 Å². The number of aliphatic hydroxyl groups excluding tert-OH is 1. The summed E-state index contributed by atoms with van der Waals surface area (Å²) in [6.07, 6.45) is 4.78. The predicted octanol–water partition coefficient (Wildman–Crippen LogP) is 1.58. The number of rotatable bonds is 3. The van der Waals surface area contributed by atoms with Crippen LogP contribution < -0.4 is 0 Å². The minimum atomic E-state index is -2.07. The molecule has 1 aromatic carbocycles. The molecule has 0 atom stereocenters. The van der Waals surface area contributed by atoms with Crippen LogP contribution >= 0.6 is 0 Å². The van der Waals surface area contributed by atoms with Crippen molar-refractivity contribution >= 4 is 5.78 Å². The van der Waals surface area contributed by atoms with Crippen molar-refractivity contribution in [3.8, 4) is 5.75 Å². The maximum absolute atomic E-state index is 11.9. The van der Waals surface area contributed by atoms with Crippen molar-refractivity contribution in [2.45, 2.75) is 12.2 Å². The minimum absolute atomic E-state index is 0.0818. The van der Waals surface area contributed by atoms with E-state index < -0.39 is 11.6 Å². The molecule has 0 saturated carbocycles. The van der Waals surface area contributed by atoms with Gasteiger partial charge in [-0.3, -0.25) is 4.79 Å². The SMILES string of the molecule is O=C(C=CC1=CCC(O)(O)C=C1O)c1ccccc1O. The van der Waals surface area contributed by atoms with E-state index in [1.807, 2.05) is 0 Å². The molecule has 20 heavy (non-hydrogen) atoms. The molecule has 5 nitrogen and oxygen atoms in total. The molecule has 0 aromatic heterocycles. The molecule has 0 bridgehead atoms. The van der Waals surface area contributed by atoms with Crippen LogP contribution in [0.3, 0.4) is 0 Å². The third-order valence-corrected chi connectivity index (χ3v) is 2.87. The monoisotopic (exact) mass is 274 g/mol. The molecule has 0 heterocycles. The topological polar surface area (TPSA) is 98.0 Å². The number of allylic oxidation sites excluding steroid dienone is 2. The van der Waals surface area contributed by atoms with Crippen molar-refractivity contribution in [1.82, 2.24) is 0 Å². The number of phenols is 1. The van der Waals surface area contributed by atoms with Crippen molar-refractivity contribution in [1.29, 1.82) is 0 Å². The van der Waals surface area contributed by atoms with Gasteiger partial charge < -0.3 is 20.4 Å². The van der Waals surface area contributed by atoms with Gasteiger partial charge in [-0.1, -0.05) is 18.2 Å². The van der Waals surface area contributed by atoms with Gasteiger partial charge in [0.15, 0.2) is 11.6 Å². The van der Waals surface area contributed by atoms with E-state index in [1.54, 1.807) is 12.1 Å². The zero-order valence-corrected chi connectivity index (χ0v) is 10.5. The predicted molar refractivity (Wildman–Crippen MR) is 72.2 cm³/mol. The van der Waals surface area contributed by atoms with E-state index >= 15 is 0 Å². The van der Waals surface area contributed by atoms with Gasteiger partial charge in [-0.2, -0.15) is 0 Å². The van der Waals surface area contributed by atoms with Crippen molar-refractivity contribution in [3.63, 3.8) is 0 Å². The molecule has 0 radical (unpaired) electrons. The zero-order valence-electron chi connectivity index (χ0n) is 10.5. The van der Waals surface area contributed by atoms with Gasteiger partial charge in [0.2, 0.25) is 0 Å². The fourth-order valence-corrected chi connectivity index (χ4v) is 1.82. The van der Waals surface area contributed by atoms with E-state index in [0.29, 0.717) is 5.57 Å². The lowest BCUT2D eigenvalue weighted by Crippen LogP contribution is -2.27. The van der Waals surface area contributed by atoms with E-state index in [1.165, 1.54) is 30.4 Å². The van der Waals surface area contributed by atoms with Crippen LogP contribution in [0.4, 0.5) is 0 Å². The Kier molecular flexibility index (Phi) is 3.74. The molecule has 5 heteroatoms. The molecule has 104 valence electrons. The maximum Gasteiger partial charge on any atom is 0.190 e. The summed E-state index contributed by atoms with van der Waals surface area (Å²) in [5.74, 6) is -2.92. The Bertz CT molecular complexity index is 623. The molecule has 0 unspecified atom stereocenters. The van der Waals surface area contributed by atoms with Crippen LogP contribution in [0.25, 0.3) is 0 Å². The number of phenolic OH excluding ortho intramolecular Hbond substituents is 1. The smallest absolute Gasteiger partial charge is 0.190 e. The van der Waals surface area contributed by atoms with Gasteiger partial charge in [0, 0.05) is 18.1 Å². The fourth-order valence-electron chi connectivity index (χ4n) is 1.82. The lowest BCUT2D eigenvalue weighted by atomic mass is 9.99. The second-order valence-electron chi connectivity index (χ2n) is 4.49. The van der Waals surface area contributed by atoms with Crippen molar-refractivity contribution < 1.29 is 25.2 Å². The summed E-state index contributed by atoms with van der Waals surface area (Å²) in [6, 6.07) is 6.13. The summed E-state index contributed by atoms with van der Waals surface area (Å²) in [5.41, 5.74) is 0.467. The number of aliphatic hydroxyl groups is 3. The number of hydrogen-bond acceptors (Lipinski definition) is 5. The molecule has 2 rings (SSSR count). The van der Waals surface area contributed by atoms with Crippen LogP contribution in [-0.4, -0.2) is 32.0 Å². The van der Waals surface area contributed by atoms with Crippen LogP contribution in [0.1, 0.15) is 16.8 Å². The van der Waals surface area contributed by atoms with E-state index in [2.05, 4.69) is 0 Å². The molecule has 0 aliphatic heterocycles. The first-order valence-electron chi connectivity index (χ1n) is 5.96. The van der Waals surface area contributed by atoms with Crippen LogP contribution in [0, 0.1) is 0 Å². The fraction of sp³-hybridized carbons (Fsp3) is 0.133. The van der Waals surface area contributed by atoms with Crippen molar-refractivity contribution in [3.05, 3.63) is 65.5 Å². The molecule has 0 amide bonds. The molecule has 1 aliphatic rings. The maximum atomic E-state index is 11.9. The Morgan fingerprint density at radius 2 is 1.90 bits per heavy atom. The number of benzene rings is 1. The highest BCUT2D eigenvalue weighted by molar-refractivity contribution is 6.06. The molecular weight excluding hydrogens is 260 g/mol. The molecule has 0 fully saturated rings. The number of ketones is 1. The van der Waals surface area contributed by atoms with Gasteiger partial charge in [-0.05, 0) is 24.3 Å². The lowest BCUT2D eigenvalue weighted by Gasteiger charge is -2.20. The van der Waals surface area contributed by atoms with Gasteiger partial charge in [0.1, 0.15) is 11.5 Å². The number of carbonyl (C=O) groups excluding carboxylic acids is 1. The first-order chi connectivity index (χ1) is 9.39. The lowest BCUT2D eigenvalue weighted by molar-refractivity contribution is -0.117. The highest BCUT2D eigenvalue weighted by Gasteiger charge is 2.24. The largest absolute Gasteiger partial charge is 0.507 e. The average Bonchev–Trinajstić information content (AvgIpc) is 2.37. The first-order valence-corrected chi connectivity index (χ1v) is 5.96. The Morgan fingerprint density at radius 3 is 2.55 bits per heavy atom. The summed E-state index contributed by atoms with van der Waals surface area (Å²) in [4.78, 5) is 11.9. The van der Waals surface area contributed by atoms with E-state index in [0.717, 1.165) is 6.08 Å². The second-order valence-corrected chi connectivity index (χ2v) is 4.49. The first kappa shape index (κ1) is 14.0.